The van der Waals surface area contributed by atoms with Crippen LogP contribution in [0.3, 0.4) is 0 Å². The van der Waals surface area contributed by atoms with E-state index in [4.69, 9.17) is 5.73 Å². The van der Waals surface area contributed by atoms with Crippen molar-refractivity contribution in [2.75, 3.05) is 5.32 Å². The lowest BCUT2D eigenvalue weighted by Crippen LogP contribution is -2.33. The zero-order valence-corrected chi connectivity index (χ0v) is 11.2. The smallest absolute Gasteiger partial charge is 0.389 e. The van der Waals surface area contributed by atoms with Crippen LogP contribution in [-0.2, 0) is 6.18 Å². The number of anilines is 1. The Morgan fingerprint density at radius 1 is 1.37 bits per heavy atom. The quantitative estimate of drug-likeness (QED) is 0.835. The summed E-state index contributed by atoms with van der Waals surface area (Å²) in [5.74, 6) is 0.635. The molecule has 0 radical (unpaired) electrons. The number of rotatable bonds is 3. The van der Waals surface area contributed by atoms with Gasteiger partial charge in [-0.2, -0.15) is 13.2 Å². The van der Waals surface area contributed by atoms with Crippen LogP contribution in [0.1, 0.15) is 30.9 Å². The average molecular weight is 288 g/mol. The van der Waals surface area contributed by atoms with Crippen LogP contribution in [0, 0.1) is 5.92 Å². The summed E-state index contributed by atoms with van der Waals surface area (Å²) in [6.45, 7) is 2.12. The van der Waals surface area contributed by atoms with Gasteiger partial charge in [-0.3, -0.25) is 0 Å². The van der Waals surface area contributed by atoms with Crippen LogP contribution in [0.2, 0.25) is 0 Å². The van der Waals surface area contributed by atoms with E-state index in [-0.39, 0.29) is 16.6 Å². The Bertz CT molecular complexity index is 493. The van der Waals surface area contributed by atoms with Crippen molar-refractivity contribution < 1.29 is 13.2 Å². The summed E-state index contributed by atoms with van der Waals surface area (Å²) in [5.41, 5.74) is 4.88. The van der Waals surface area contributed by atoms with Gasteiger partial charge in [-0.05, 0) is 37.0 Å². The summed E-state index contributed by atoms with van der Waals surface area (Å²) >= 11 is 4.66. The third-order valence-corrected chi connectivity index (χ3v) is 3.55. The van der Waals surface area contributed by atoms with Gasteiger partial charge in [0.05, 0.1) is 5.56 Å². The van der Waals surface area contributed by atoms with Crippen molar-refractivity contribution in [3.05, 3.63) is 29.3 Å². The van der Waals surface area contributed by atoms with Crippen molar-refractivity contribution in [1.82, 2.24) is 0 Å². The number of nitrogens with two attached hydrogens (primary N) is 1. The van der Waals surface area contributed by atoms with Gasteiger partial charge in [0.1, 0.15) is 4.99 Å². The second kappa shape index (κ2) is 5.00. The zero-order valence-electron chi connectivity index (χ0n) is 10.4. The third-order valence-electron chi connectivity index (χ3n) is 3.33. The van der Waals surface area contributed by atoms with E-state index in [9.17, 15) is 13.2 Å². The van der Waals surface area contributed by atoms with Crippen LogP contribution in [0.15, 0.2) is 18.2 Å². The minimum atomic E-state index is -4.46. The molecule has 0 spiro atoms. The van der Waals surface area contributed by atoms with Crippen LogP contribution >= 0.6 is 12.2 Å². The first-order valence-electron chi connectivity index (χ1n) is 6.05. The molecule has 1 aromatic carbocycles. The van der Waals surface area contributed by atoms with Crippen molar-refractivity contribution in [2.45, 2.75) is 32.0 Å². The van der Waals surface area contributed by atoms with Gasteiger partial charge < -0.3 is 11.1 Å². The molecule has 1 saturated carbocycles. The monoisotopic (exact) mass is 288 g/mol. The molecule has 0 unspecified atom stereocenters. The molecule has 2 rings (SSSR count). The van der Waals surface area contributed by atoms with Crippen molar-refractivity contribution in [1.29, 1.82) is 0 Å². The molecule has 1 aromatic rings. The van der Waals surface area contributed by atoms with Gasteiger partial charge in [-0.25, -0.2) is 0 Å². The maximum Gasteiger partial charge on any atom is 0.417 e. The van der Waals surface area contributed by atoms with Crippen LogP contribution < -0.4 is 11.1 Å². The number of nitrogens with one attached hydrogen (secondary N) is 1. The molecule has 2 nitrogen and oxygen atoms in total. The van der Waals surface area contributed by atoms with Crippen LogP contribution in [0.25, 0.3) is 0 Å². The molecular weight excluding hydrogens is 273 g/mol. The highest BCUT2D eigenvalue weighted by Crippen LogP contribution is 2.35. The van der Waals surface area contributed by atoms with Crippen LogP contribution in [-0.4, -0.2) is 11.0 Å². The molecule has 0 bridgehead atoms. The largest absolute Gasteiger partial charge is 0.417 e. The molecule has 19 heavy (non-hydrogen) atoms. The Hall–Kier alpha value is -1.30. The fraction of sp³-hybridized carbons (Fsp3) is 0.462. The summed E-state index contributed by atoms with van der Waals surface area (Å²) in [6.07, 6.45) is -2.49. The van der Waals surface area contributed by atoms with Crippen LogP contribution in [0.4, 0.5) is 18.9 Å². The van der Waals surface area contributed by atoms with E-state index >= 15 is 0 Å². The molecule has 1 aliphatic carbocycles. The van der Waals surface area contributed by atoms with E-state index in [2.05, 4.69) is 24.5 Å². The van der Waals surface area contributed by atoms with Crippen LogP contribution in [0.5, 0.6) is 0 Å². The highest BCUT2D eigenvalue weighted by atomic mass is 32.1. The Labute approximate surface area is 115 Å². The lowest BCUT2D eigenvalue weighted by Gasteiger charge is -2.34. The van der Waals surface area contributed by atoms with Crippen molar-refractivity contribution >= 4 is 22.9 Å². The molecule has 6 heteroatoms. The van der Waals surface area contributed by atoms with E-state index in [0.29, 0.717) is 11.6 Å². The minimum Gasteiger partial charge on any atom is -0.389 e. The third kappa shape index (κ3) is 3.18. The molecule has 0 aliphatic heterocycles. The normalized spacial score (nSPS) is 22.7. The first-order valence-corrected chi connectivity index (χ1v) is 6.46. The van der Waals surface area contributed by atoms with E-state index in [0.717, 1.165) is 18.9 Å². The van der Waals surface area contributed by atoms with E-state index < -0.39 is 11.7 Å². The number of hydrogen-bond donors (Lipinski definition) is 2. The van der Waals surface area contributed by atoms with Gasteiger partial charge in [0, 0.05) is 17.3 Å². The average Bonchev–Trinajstić information content (AvgIpc) is 2.25. The Balaban J connectivity index is 2.25. The van der Waals surface area contributed by atoms with Gasteiger partial charge in [0.25, 0.3) is 0 Å². The highest BCUT2D eigenvalue weighted by molar-refractivity contribution is 7.80. The van der Waals surface area contributed by atoms with Crippen molar-refractivity contribution in [3.63, 3.8) is 0 Å². The number of thiocarbonyl (C=S) groups is 1. The summed E-state index contributed by atoms with van der Waals surface area (Å²) < 4.78 is 38.8. The molecule has 0 saturated heterocycles. The SMILES string of the molecule is CC1CC(Nc2ccc(C(N)=S)c(C(F)(F)F)c2)C1. The Morgan fingerprint density at radius 2 is 2.00 bits per heavy atom. The summed E-state index contributed by atoms with van der Waals surface area (Å²) in [4.78, 5) is -0.240. The van der Waals surface area contributed by atoms with E-state index in [1.165, 1.54) is 6.07 Å². The maximum atomic E-state index is 12.9. The number of halogens is 3. The fourth-order valence-electron chi connectivity index (χ4n) is 2.34. The van der Waals surface area contributed by atoms with Gasteiger partial charge in [-0.1, -0.05) is 19.1 Å². The summed E-state index contributed by atoms with van der Waals surface area (Å²) in [7, 11) is 0. The first-order chi connectivity index (χ1) is 8.77. The lowest BCUT2D eigenvalue weighted by atomic mass is 9.82. The summed E-state index contributed by atoms with van der Waals surface area (Å²) in [5, 5.41) is 3.10. The highest BCUT2D eigenvalue weighted by Gasteiger charge is 2.34. The molecule has 0 heterocycles. The molecule has 0 amide bonds. The van der Waals surface area contributed by atoms with Gasteiger partial charge in [0.2, 0.25) is 0 Å². The van der Waals surface area contributed by atoms with Gasteiger partial charge in [-0.15, -0.1) is 0 Å². The zero-order chi connectivity index (χ0) is 14.2. The Kier molecular flexibility index (Phi) is 3.71. The molecule has 1 aliphatic rings. The first kappa shape index (κ1) is 14.1. The maximum absolute atomic E-state index is 12.9. The van der Waals surface area contributed by atoms with Gasteiger partial charge >= 0.3 is 6.18 Å². The Morgan fingerprint density at radius 3 is 2.47 bits per heavy atom. The number of benzene rings is 1. The summed E-state index contributed by atoms with van der Waals surface area (Å²) in [6, 6.07) is 4.26. The topological polar surface area (TPSA) is 38.0 Å². The molecule has 0 atom stereocenters. The van der Waals surface area contributed by atoms with E-state index in [1.807, 2.05) is 0 Å². The second-order valence-electron chi connectivity index (χ2n) is 5.04. The lowest BCUT2D eigenvalue weighted by molar-refractivity contribution is -0.137. The van der Waals surface area contributed by atoms with E-state index in [1.54, 1.807) is 6.07 Å². The minimum absolute atomic E-state index is 0.130. The molecule has 3 N–H and O–H groups in total. The second-order valence-corrected chi connectivity index (χ2v) is 5.48. The number of alkyl halides is 3. The van der Waals surface area contributed by atoms with Crippen molar-refractivity contribution in [2.24, 2.45) is 11.7 Å². The predicted molar refractivity (Wildman–Crippen MR) is 73.1 cm³/mol. The predicted octanol–water partition coefficient (Wildman–Crippen LogP) is 3.55. The number of hydrogen-bond acceptors (Lipinski definition) is 2. The molecule has 1 fully saturated rings. The fourth-order valence-corrected chi connectivity index (χ4v) is 2.52. The molecule has 0 aromatic heterocycles. The molecular formula is C13H15F3N2S. The molecule has 104 valence electrons. The van der Waals surface area contributed by atoms with Crippen molar-refractivity contribution in [3.8, 4) is 0 Å². The van der Waals surface area contributed by atoms with Gasteiger partial charge in [0.15, 0.2) is 0 Å². The standard InChI is InChI=1S/C13H15F3N2S/c1-7-4-9(5-7)18-8-2-3-10(12(17)19)11(6-8)13(14,15)16/h2-3,6-7,9,18H,4-5H2,1H3,(H2,17,19).